The van der Waals surface area contributed by atoms with Crippen molar-refractivity contribution in [2.75, 3.05) is 27.2 Å². The Hall–Kier alpha value is -0.570. The minimum atomic E-state index is 0.546. The van der Waals surface area contributed by atoms with Gasteiger partial charge in [0.1, 0.15) is 0 Å². The summed E-state index contributed by atoms with van der Waals surface area (Å²) in [4.78, 5) is 6.81. The highest BCUT2D eigenvalue weighted by atomic mass is 15.1. The average Bonchev–Trinajstić information content (AvgIpc) is 2.43. The summed E-state index contributed by atoms with van der Waals surface area (Å²) in [6.45, 7) is 4.40. The van der Waals surface area contributed by atoms with Crippen LogP contribution in [0.4, 0.5) is 0 Å². The van der Waals surface area contributed by atoms with Crippen molar-refractivity contribution in [1.82, 2.24) is 10.2 Å². The highest BCUT2D eigenvalue weighted by Gasteiger charge is 2.07. The second-order valence-electron chi connectivity index (χ2n) is 4.78. The van der Waals surface area contributed by atoms with Crippen LogP contribution in [0.3, 0.4) is 0 Å². The zero-order valence-corrected chi connectivity index (χ0v) is 10.4. The SMILES string of the molecule is CC(CCN(C)C)NC1=NCCCCC1. The molecule has 1 aliphatic heterocycles. The number of amidine groups is 1. The first-order chi connectivity index (χ1) is 7.18. The average molecular weight is 211 g/mol. The number of hydrogen-bond donors (Lipinski definition) is 1. The Labute approximate surface area is 94.0 Å². The van der Waals surface area contributed by atoms with E-state index in [9.17, 15) is 0 Å². The first-order valence-corrected chi connectivity index (χ1v) is 6.13. The third kappa shape index (κ3) is 5.78. The summed E-state index contributed by atoms with van der Waals surface area (Å²) in [5, 5.41) is 3.54. The van der Waals surface area contributed by atoms with Crippen LogP contribution in [0.25, 0.3) is 0 Å². The Bertz CT molecular complexity index is 199. The second-order valence-corrected chi connectivity index (χ2v) is 4.78. The molecule has 1 aliphatic rings. The zero-order chi connectivity index (χ0) is 11.1. The van der Waals surface area contributed by atoms with Gasteiger partial charge in [0.25, 0.3) is 0 Å². The molecule has 0 radical (unpaired) electrons. The van der Waals surface area contributed by atoms with Crippen molar-refractivity contribution in [3.8, 4) is 0 Å². The Morgan fingerprint density at radius 3 is 2.87 bits per heavy atom. The summed E-state index contributed by atoms with van der Waals surface area (Å²) < 4.78 is 0. The molecule has 1 N–H and O–H groups in total. The van der Waals surface area contributed by atoms with Gasteiger partial charge >= 0.3 is 0 Å². The summed E-state index contributed by atoms with van der Waals surface area (Å²) in [6.07, 6.45) is 6.22. The van der Waals surface area contributed by atoms with E-state index in [1.807, 2.05) is 0 Å². The van der Waals surface area contributed by atoms with Gasteiger partial charge in [-0.2, -0.15) is 0 Å². The van der Waals surface area contributed by atoms with Crippen LogP contribution in [0.1, 0.15) is 39.0 Å². The van der Waals surface area contributed by atoms with Crippen LogP contribution in [0, 0.1) is 0 Å². The van der Waals surface area contributed by atoms with Crippen LogP contribution in [0.2, 0.25) is 0 Å². The van der Waals surface area contributed by atoms with E-state index in [4.69, 9.17) is 0 Å². The Morgan fingerprint density at radius 2 is 2.13 bits per heavy atom. The topological polar surface area (TPSA) is 27.6 Å². The summed E-state index contributed by atoms with van der Waals surface area (Å²) in [6, 6.07) is 0.546. The van der Waals surface area contributed by atoms with Gasteiger partial charge in [-0.05, 0) is 46.8 Å². The van der Waals surface area contributed by atoms with E-state index in [2.05, 4.69) is 36.2 Å². The van der Waals surface area contributed by atoms with Gasteiger partial charge in [0.15, 0.2) is 0 Å². The van der Waals surface area contributed by atoms with Crippen LogP contribution in [-0.4, -0.2) is 44.0 Å². The van der Waals surface area contributed by atoms with E-state index in [0.29, 0.717) is 6.04 Å². The molecule has 1 rings (SSSR count). The predicted octanol–water partition coefficient (Wildman–Crippen LogP) is 1.89. The fourth-order valence-corrected chi connectivity index (χ4v) is 1.80. The molecule has 3 heteroatoms. The molecule has 0 amide bonds. The van der Waals surface area contributed by atoms with E-state index < -0.39 is 0 Å². The van der Waals surface area contributed by atoms with E-state index in [1.54, 1.807) is 0 Å². The molecule has 0 saturated heterocycles. The number of aliphatic imine (C=N–C) groups is 1. The predicted molar refractivity (Wildman–Crippen MR) is 66.5 cm³/mol. The normalized spacial score (nSPS) is 19.6. The Morgan fingerprint density at radius 1 is 1.33 bits per heavy atom. The second kappa shape index (κ2) is 6.83. The zero-order valence-electron chi connectivity index (χ0n) is 10.4. The maximum absolute atomic E-state index is 4.58. The molecular formula is C12H25N3. The summed E-state index contributed by atoms with van der Waals surface area (Å²) in [5.41, 5.74) is 0. The minimum Gasteiger partial charge on any atom is -0.371 e. The standard InChI is InChI=1S/C12H25N3/c1-11(8-10-15(2)3)14-12-7-5-4-6-9-13-12/h11H,4-10H2,1-3H3,(H,13,14). The third-order valence-corrected chi connectivity index (χ3v) is 2.80. The quantitative estimate of drug-likeness (QED) is 0.769. The summed E-state index contributed by atoms with van der Waals surface area (Å²) in [7, 11) is 4.24. The highest BCUT2D eigenvalue weighted by molar-refractivity contribution is 5.82. The summed E-state index contributed by atoms with van der Waals surface area (Å²) in [5.74, 6) is 1.23. The van der Waals surface area contributed by atoms with Gasteiger partial charge in [-0.3, -0.25) is 4.99 Å². The van der Waals surface area contributed by atoms with E-state index in [0.717, 1.165) is 19.5 Å². The van der Waals surface area contributed by atoms with Crippen LogP contribution in [0.15, 0.2) is 4.99 Å². The van der Waals surface area contributed by atoms with Crippen molar-refractivity contribution in [3.05, 3.63) is 0 Å². The van der Waals surface area contributed by atoms with Crippen LogP contribution >= 0.6 is 0 Å². The molecule has 0 aliphatic carbocycles. The van der Waals surface area contributed by atoms with E-state index in [-0.39, 0.29) is 0 Å². The lowest BCUT2D eigenvalue weighted by molar-refractivity contribution is 0.378. The largest absolute Gasteiger partial charge is 0.371 e. The lowest BCUT2D eigenvalue weighted by Crippen LogP contribution is -2.34. The first-order valence-electron chi connectivity index (χ1n) is 6.13. The maximum atomic E-state index is 4.58. The molecule has 0 spiro atoms. The molecule has 88 valence electrons. The Balaban J connectivity index is 2.23. The number of nitrogens with zero attached hydrogens (tertiary/aromatic N) is 2. The van der Waals surface area contributed by atoms with E-state index in [1.165, 1.54) is 31.5 Å². The molecule has 15 heavy (non-hydrogen) atoms. The van der Waals surface area contributed by atoms with Gasteiger partial charge in [0.2, 0.25) is 0 Å². The van der Waals surface area contributed by atoms with Crippen LogP contribution in [0.5, 0.6) is 0 Å². The fourth-order valence-electron chi connectivity index (χ4n) is 1.80. The number of hydrogen-bond acceptors (Lipinski definition) is 3. The van der Waals surface area contributed by atoms with Crippen LogP contribution in [-0.2, 0) is 0 Å². The van der Waals surface area contributed by atoms with Crippen molar-refractivity contribution < 1.29 is 0 Å². The van der Waals surface area contributed by atoms with Crippen molar-refractivity contribution in [2.24, 2.45) is 4.99 Å². The van der Waals surface area contributed by atoms with Gasteiger partial charge in [0.05, 0.1) is 5.84 Å². The molecule has 3 nitrogen and oxygen atoms in total. The highest BCUT2D eigenvalue weighted by Crippen LogP contribution is 2.07. The van der Waals surface area contributed by atoms with Crippen molar-refractivity contribution >= 4 is 5.84 Å². The number of rotatable bonds is 4. The smallest absolute Gasteiger partial charge is 0.0965 e. The molecular weight excluding hydrogens is 186 g/mol. The molecule has 0 aromatic heterocycles. The van der Waals surface area contributed by atoms with Gasteiger partial charge in [-0.25, -0.2) is 0 Å². The lowest BCUT2D eigenvalue weighted by atomic mass is 10.2. The monoisotopic (exact) mass is 211 g/mol. The Kier molecular flexibility index (Phi) is 5.69. The molecule has 0 bridgehead atoms. The minimum absolute atomic E-state index is 0.546. The fraction of sp³-hybridized carbons (Fsp3) is 0.917. The molecule has 1 atom stereocenters. The van der Waals surface area contributed by atoms with Crippen molar-refractivity contribution in [2.45, 2.75) is 45.1 Å². The lowest BCUT2D eigenvalue weighted by Gasteiger charge is -2.18. The number of nitrogens with one attached hydrogen (secondary N) is 1. The van der Waals surface area contributed by atoms with Gasteiger partial charge < -0.3 is 10.2 Å². The van der Waals surface area contributed by atoms with Crippen molar-refractivity contribution in [1.29, 1.82) is 0 Å². The van der Waals surface area contributed by atoms with Gasteiger partial charge in [-0.1, -0.05) is 6.42 Å². The van der Waals surface area contributed by atoms with E-state index >= 15 is 0 Å². The molecule has 0 fully saturated rings. The molecule has 0 aromatic rings. The summed E-state index contributed by atoms with van der Waals surface area (Å²) >= 11 is 0. The van der Waals surface area contributed by atoms with Gasteiger partial charge in [-0.15, -0.1) is 0 Å². The maximum Gasteiger partial charge on any atom is 0.0965 e. The third-order valence-electron chi connectivity index (χ3n) is 2.80. The molecule has 1 heterocycles. The molecule has 0 saturated carbocycles. The van der Waals surface area contributed by atoms with Gasteiger partial charge in [0, 0.05) is 19.0 Å². The molecule has 1 unspecified atom stereocenters. The molecule has 0 aromatic carbocycles. The van der Waals surface area contributed by atoms with Crippen LogP contribution < -0.4 is 5.32 Å². The van der Waals surface area contributed by atoms with Crippen molar-refractivity contribution in [3.63, 3.8) is 0 Å². The first kappa shape index (κ1) is 12.5.